The summed E-state index contributed by atoms with van der Waals surface area (Å²) in [6.45, 7) is 0. The van der Waals surface area contributed by atoms with E-state index in [-0.39, 0.29) is 5.82 Å². The predicted octanol–water partition coefficient (Wildman–Crippen LogP) is 3.39. The van der Waals surface area contributed by atoms with Gasteiger partial charge in [0, 0.05) is 5.56 Å². The fourth-order valence-corrected chi connectivity index (χ4v) is 3.37. The molecule has 88 valence electrons. The number of aliphatic hydroxyl groups excluding tert-OH is 1. The highest BCUT2D eigenvalue weighted by Gasteiger charge is 2.20. The van der Waals surface area contributed by atoms with Crippen molar-refractivity contribution < 1.29 is 9.50 Å². The maximum atomic E-state index is 13.4. The summed E-state index contributed by atoms with van der Waals surface area (Å²) < 4.78 is 13.4. The number of aliphatic hydroxyl groups is 1. The summed E-state index contributed by atoms with van der Waals surface area (Å²) in [5.41, 5.74) is 0.445. The normalized spacial score (nSPS) is 19.6. The number of halogens is 1. The molecule has 0 bridgehead atoms. The molecule has 3 heteroatoms. The quantitative estimate of drug-likeness (QED) is 0.874. The summed E-state index contributed by atoms with van der Waals surface area (Å²) in [7, 11) is 0. The van der Waals surface area contributed by atoms with E-state index in [0.29, 0.717) is 17.9 Å². The molecule has 0 saturated carbocycles. The minimum absolute atomic E-state index is 0.291. The fourth-order valence-electron chi connectivity index (χ4n) is 2.17. The Kier molecular flexibility index (Phi) is 4.24. The first-order valence-corrected chi connectivity index (χ1v) is 6.93. The average Bonchev–Trinajstić information content (AvgIpc) is 2.31. The van der Waals surface area contributed by atoms with Crippen LogP contribution in [0.25, 0.3) is 0 Å². The second kappa shape index (κ2) is 5.69. The van der Waals surface area contributed by atoms with Crippen LogP contribution in [0, 0.1) is 11.7 Å². The maximum absolute atomic E-state index is 13.4. The van der Waals surface area contributed by atoms with Crippen LogP contribution in [0.3, 0.4) is 0 Å². The largest absolute Gasteiger partial charge is 0.388 e. The number of rotatable bonds is 3. The van der Waals surface area contributed by atoms with Crippen molar-refractivity contribution in [3.05, 3.63) is 35.6 Å². The van der Waals surface area contributed by atoms with Crippen LogP contribution in [0.15, 0.2) is 24.3 Å². The molecule has 1 aliphatic rings. The zero-order valence-electron chi connectivity index (χ0n) is 9.23. The molecule has 0 amide bonds. The molecule has 1 fully saturated rings. The Labute approximate surface area is 100 Å². The molecule has 1 aromatic rings. The lowest BCUT2D eigenvalue weighted by Gasteiger charge is -2.24. The zero-order chi connectivity index (χ0) is 11.4. The summed E-state index contributed by atoms with van der Waals surface area (Å²) >= 11 is 1.97. The first-order chi connectivity index (χ1) is 7.77. The number of hydrogen-bond acceptors (Lipinski definition) is 2. The molecule has 1 unspecified atom stereocenters. The number of benzene rings is 1. The third-order valence-electron chi connectivity index (χ3n) is 3.16. The Morgan fingerprint density at radius 3 is 2.69 bits per heavy atom. The lowest BCUT2D eigenvalue weighted by molar-refractivity contribution is 0.137. The Hall–Kier alpha value is -0.540. The molecule has 1 N–H and O–H groups in total. The summed E-state index contributed by atoms with van der Waals surface area (Å²) in [5.74, 6) is 2.61. The van der Waals surface area contributed by atoms with Crippen LogP contribution in [0.4, 0.5) is 4.39 Å². The lowest BCUT2D eigenvalue weighted by atomic mass is 9.92. The first-order valence-electron chi connectivity index (χ1n) is 5.77. The van der Waals surface area contributed by atoms with Gasteiger partial charge in [0.1, 0.15) is 5.82 Å². The van der Waals surface area contributed by atoms with Crippen molar-refractivity contribution in [1.82, 2.24) is 0 Å². The van der Waals surface area contributed by atoms with Crippen LogP contribution in [0.1, 0.15) is 30.9 Å². The Balaban J connectivity index is 1.96. The van der Waals surface area contributed by atoms with Gasteiger partial charge in [0.05, 0.1) is 6.10 Å². The molecule has 0 spiro atoms. The van der Waals surface area contributed by atoms with Gasteiger partial charge in [-0.05, 0) is 42.8 Å². The smallest absolute Gasteiger partial charge is 0.128 e. The van der Waals surface area contributed by atoms with Crippen LogP contribution in [0.5, 0.6) is 0 Å². The van der Waals surface area contributed by atoms with Gasteiger partial charge in [-0.15, -0.1) is 0 Å². The van der Waals surface area contributed by atoms with Gasteiger partial charge in [-0.2, -0.15) is 11.8 Å². The standard InChI is InChI=1S/C13H17FOS/c14-12-4-2-1-3-11(12)13(15)9-10-5-7-16-8-6-10/h1-4,10,13,15H,5-9H2. The molecule has 1 saturated heterocycles. The minimum Gasteiger partial charge on any atom is -0.388 e. The van der Waals surface area contributed by atoms with E-state index >= 15 is 0 Å². The highest BCUT2D eigenvalue weighted by atomic mass is 32.2. The van der Waals surface area contributed by atoms with Gasteiger partial charge in [0.25, 0.3) is 0 Å². The molecule has 0 aliphatic carbocycles. The molecule has 16 heavy (non-hydrogen) atoms. The van der Waals surface area contributed by atoms with Crippen molar-refractivity contribution in [2.45, 2.75) is 25.4 Å². The van der Waals surface area contributed by atoms with E-state index in [4.69, 9.17) is 0 Å². The third-order valence-corrected chi connectivity index (χ3v) is 4.21. The van der Waals surface area contributed by atoms with Crippen molar-refractivity contribution in [3.8, 4) is 0 Å². The molecule has 1 heterocycles. The first kappa shape index (κ1) is 11.9. The fraction of sp³-hybridized carbons (Fsp3) is 0.538. The predicted molar refractivity (Wildman–Crippen MR) is 66.0 cm³/mol. The van der Waals surface area contributed by atoms with Crippen molar-refractivity contribution in [2.24, 2.45) is 5.92 Å². The minimum atomic E-state index is -0.644. The Morgan fingerprint density at radius 1 is 1.31 bits per heavy atom. The monoisotopic (exact) mass is 240 g/mol. The van der Waals surface area contributed by atoms with Gasteiger partial charge in [-0.3, -0.25) is 0 Å². The van der Waals surface area contributed by atoms with Crippen molar-refractivity contribution in [2.75, 3.05) is 11.5 Å². The second-order valence-corrected chi connectivity index (χ2v) is 5.55. The van der Waals surface area contributed by atoms with Crippen LogP contribution in [0.2, 0.25) is 0 Å². The SMILES string of the molecule is OC(CC1CCSCC1)c1ccccc1F. The van der Waals surface area contributed by atoms with E-state index in [1.165, 1.54) is 17.6 Å². The maximum Gasteiger partial charge on any atom is 0.128 e. The average molecular weight is 240 g/mol. The third kappa shape index (κ3) is 2.98. The van der Waals surface area contributed by atoms with Crippen LogP contribution in [-0.2, 0) is 0 Å². The van der Waals surface area contributed by atoms with E-state index in [2.05, 4.69) is 0 Å². The molecule has 1 atom stereocenters. The molecule has 0 aromatic heterocycles. The molecule has 1 aliphatic heterocycles. The Morgan fingerprint density at radius 2 is 2.00 bits per heavy atom. The highest BCUT2D eigenvalue weighted by molar-refractivity contribution is 7.99. The highest BCUT2D eigenvalue weighted by Crippen LogP contribution is 2.31. The molecule has 0 radical (unpaired) electrons. The molecule has 1 nitrogen and oxygen atoms in total. The second-order valence-electron chi connectivity index (χ2n) is 4.33. The Bertz CT molecular complexity index is 336. The summed E-state index contributed by atoms with van der Waals surface area (Å²) in [6, 6.07) is 6.52. The van der Waals surface area contributed by atoms with Crippen LogP contribution in [-0.4, -0.2) is 16.6 Å². The van der Waals surface area contributed by atoms with E-state index < -0.39 is 6.10 Å². The van der Waals surface area contributed by atoms with Gasteiger partial charge < -0.3 is 5.11 Å². The molecule has 2 rings (SSSR count). The topological polar surface area (TPSA) is 20.2 Å². The van der Waals surface area contributed by atoms with Crippen molar-refractivity contribution in [1.29, 1.82) is 0 Å². The van der Waals surface area contributed by atoms with Gasteiger partial charge in [0.2, 0.25) is 0 Å². The summed E-state index contributed by atoms with van der Waals surface area (Å²) in [4.78, 5) is 0. The summed E-state index contributed by atoms with van der Waals surface area (Å²) in [5, 5.41) is 10.0. The summed E-state index contributed by atoms with van der Waals surface area (Å²) in [6.07, 6.45) is 2.35. The van der Waals surface area contributed by atoms with Gasteiger partial charge in [-0.1, -0.05) is 18.2 Å². The van der Waals surface area contributed by atoms with E-state index in [9.17, 15) is 9.50 Å². The lowest BCUT2D eigenvalue weighted by Crippen LogP contribution is -2.14. The number of thioether (sulfide) groups is 1. The number of hydrogen-bond donors (Lipinski definition) is 1. The van der Waals surface area contributed by atoms with E-state index in [0.717, 1.165) is 12.8 Å². The zero-order valence-corrected chi connectivity index (χ0v) is 10.0. The molecular weight excluding hydrogens is 223 g/mol. The van der Waals surface area contributed by atoms with Crippen molar-refractivity contribution in [3.63, 3.8) is 0 Å². The van der Waals surface area contributed by atoms with Gasteiger partial charge in [-0.25, -0.2) is 4.39 Å². The van der Waals surface area contributed by atoms with Crippen molar-refractivity contribution >= 4 is 11.8 Å². The van der Waals surface area contributed by atoms with E-state index in [1.54, 1.807) is 18.2 Å². The molecular formula is C13H17FOS. The van der Waals surface area contributed by atoms with Gasteiger partial charge >= 0.3 is 0 Å². The molecule has 1 aromatic carbocycles. The van der Waals surface area contributed by atoms with Crippen LogP contribution >= 0.6 is 11.8 Å². The van der Waals surface area contributed by atoms with Crippen LogP contribution < -0.4 is 0 Å². The van der Waals surface area contributed by atoms with Gasteiger partial charge in [0.15, 0.2) is 0 Å². The van der Waals surface area contributed by atoms with E-state index in [1.807, 2.05) is 11.8 Å².